The lowest BCUT2D eigenvalue weighted by molar-refractivity contribution is -0.114. The van der Waals surface area contributed by atoms with Crippen molar-refractivity contribution in [3.05, 3.63) is 11.6 Å². The molecule has 0 aromatic rings. The molecule has 2 aliphatic carbocycles. The van der Waals surface area contributed by atoms with Crippen molar-refractivity contribution >= 4 is 5.78 Å². The molecule has 0 aliphatic heterocycles. The summed E-state index contributed by atoms with van der Waals surface area (Å²) >= 11 is 0. The van der Waals surface area contributed by atoms with E-state index in [2.05, 4.69) is 6.92 Å². The van der Waals surface area contributed by atoms with Crippen molar-refractivity contribution < 1.29 is 4.79 Å². The first-order valence-corrected chi connectivity index (χ1v) is 5.04. The summed E-state index contributed by atoms with van der Waals surface area (Å²) in [4.78, 5) is 11.2. The highest BCUT2D eigenvalue weighted by Crippen LogP contribution is 2.41. The highest BCUT2D eigenvalue weighted by Gasteiger charge is 2.33. The summed E-state index contributed by atoms with van der Waals surface area (Å²) in [5.41, 5.74) is 1.46. The van der Waals surface area contributed by atoms with Crippen molar-refractivity contribution in [3.63, 3.8) is 0 Å². The lowest BCUT2D eigenvalue weighted by Crippen LogP contribution is -2.19. The molecule has 0 bridgehead atoms. The van der Waals surface area contributed by atoms with Gasteiger partial charge in [-0.15, -0.1) is 0 Å². The lowest BCUT2D eigenvalue weighted by atomic mass is 9.76. The molecular weight excluding hydrogens is 148 g/mol. The Bertz CT molecular complexity index is 227. The number of carbonyl (C=O) groups excluding carboxylic acids is 1. The Morgan fingerprint density at radius 1 is 1.58 bits per heavy atom. The molecule has 1 fully saturated rings. The standard InChI is InChI=1S/C11H16O/c1-2-8-4-3-5-9-6-10(12)7-11(8)9/h6,8,11H,2-5,7H2,1H3/t8-,11?/m0/s1. The number of hydrogen-bond acceptors (Lipinski definition) is 1. The lowest BCUT2D eigenvalue weighted by Gasteiger charge is -2.29. The zero-order valence-corrected chi connectivity index (χ0v) is 7.68. The Morgan fingerprint density at radius 2 is 2.42 bits per heavy atom. The van der Waals surface area contributed by atoms with Crippen LogP contribution in [0.5, 0.6) is 0 Å². The Balaban J connectivity index is 2.16. The zero-order chi connectivity index (χ0) is 8.55. The van der Waals surface area contributed by atoms with Gasteiger partial charge in [0, 0.05) is 6.42 Å². The molecule has 0 heterocycles. The van der Waals surface area contributed by atoms with Crippen molar-refractivity contribution in [1.29, 1.82) is 0 Å². The molecule has 0 aromatic heterocycles. The molecule has 0 N–H and O–H groups in total. The predicted molar refractivity (Wildman–Crippen MR) is 48.8 cm³/mol. The number of rotatable bonds is 1. The van der Waals surface area contributed by atoms with Gasteiger partial charge in [0.15, 0.2) is 5.78 Å². The second kappa shape index (κ2) is 3.04. The van der Waals surface area contributed by atoms with Crippen molar-refractivity contribution in [2.24, 2.45) is 11.8 Å². The maximum atomic E-state index is 11.2. The number of carbonyl (C=O) groups is 1. The molecule has 0 spiro atoms. The minimum Gasteiger partial charge on any atom is -0.295 e. The van der Waals surface area contributed by atoms with Crippen LogP contribution in [-0.2, 0) is 4.79 Å². The smallest absolute Gasteiger partial charge is 0.156 e. The molecule has 0 amide bonds. The molecule has 0 aromatic carbocycles. The highest BCUT2D eigenvalue weighted by molar-refractivity contribution is 5.93. The van der Waals surface area contributed by atoms with Gasteiger partial charge in [-0.25, -0.2) is 0 Å². The van der Waals surface area contributed by atoms with Gasteiger partial charge in [-0.05, 0) is 37.2 Å². The summed E-state index contributed by atoms with van der Waals surface area (Å²) < 4.78 is 0. The summed E-state index contributed by atoms with van der Waals surface area (Å²) in [7, 11) is 0. The number of fused-ring (bicyclic) bond motifs is 1. The third kappa shape index (κ3) is 1.21. The average Bonchev–Trinajstić information content (AvgIpc) is 2.44. The number of ketones is 1. The summed E-state index contributed by atoms with van der Waals surface area (Å²) in [6.07, 6.45) is 7.79. The summed E-state index contributed by atoms with van der Waals surface area (Å²) in [5, 5.41) is 0. The van der Waals surface area contributed by atoms with E-state index in [-0.39, 0.29) is 0 Å². The molecule has 12 heavy (non-hydrogen) atoms. The summed E-state index contributed by atoms with van der Waals surface area (Å²) in [5.74, 6) is 1.81. The molecule has 1 unspecified atom stereocenters. The van der Waals surface area contributed by atoms with Crippen LogP contribution in [0.4, 0.5) is 0 Å². The van der Waals surface area contributed by atoms with Crippen molar-refractivity contribution in [2.45, 2.75) is 39.0 Å². The quantitative estimate of drug-likeness (QED) is 0.582. The van der Waals surface area contributed by atoms with Crippen LogP contribution in [0, 0.1) is 11.8 Å². The Hall–Kier alpha value is -0.590. The van der Waals surface area contributed by atoms with E-state index in [0.717, 1.165) is 12.3 Å². The van der Waals surface area contributed by atoms with Gasteiger partial charge >= 0.3 is 0 Å². The molecule has 2 aliphatic rings. The Labute approximate surface area is 73.8 Å². The molecule has 66 valence electrons. The largest absolute Gasteiger partial charge is 0.295 e. The van der Waals surface area contributed by atoms with Crippen LogP contribution >= 0.6 is 0 Å². The van der Waals surface area contributed by atoms with Crippen LogP contribution in [-0.4, -0.2) is 5.78 Å². The van der Waals surface area contributed by atoms with Gasteiger partial charge in [-0.1, -0.05) is 18.9 Å². The third-order valence-corrected chi connectivity index (χ3v) is 3.38. The van der Waals surface area contributed by atoms with Crippen molar-refractivity contribution in [1.82, 2.24) is 0 Å². The predicted octanol–water partition coefficient (Wildman–Crippen LogP) is 2.71. The first-order chi connectivity index (χ1) is 5.81. The van der Waals surface area contributed by atoms with Crippen LogP contribution in [0.25, 0.3) is 0 Å². The van der Waals surface area contributed by atoms with E-state index in [1.54, 1.807) is 0 Å². The first-order valence-electron chi connectivity index (χ1n) is 5.04. The van der Waals surface area contributed by atoms with Gasteiger partial charge in [0.2, 0.25) is 0 Å². The van der Waals surface area contributed by atoms with Crippen molar-refractivity contribution in [3.8, 4) is 0 Å². The molecule has 0 radical (unpaired) electrons. The van der Waals surface area contributed by atoms with E-state index in [1.165, 1.54) is 31.3 Å². The van der Waals surface area contributed by atoms with E-state index in [4.69, 9.17) is 0 Å². The van der Waals surface area contributed by atoms with Crippen LogP contribution in [0.2, 0.25) is 0 Å². The van der Waals surface area contributed by atoms with Crippen LogP contribution in [0.15, 0.2) is 11.6 Å². The minimum absolute atomic E-state index is 0.371. The van der Waals surface area contributed by atoms with Gasteiger partial charge in [0.25, 0.3) is 0 Å². The molecular formula is C11H16O. The molecule has 1 nitrogen and oxygen atoms in total. The molecule has 2 rings (SSSR count). The third-order valence-electron chi connectivity index (χ3n) is 3.38. The Kier molecular flexibility index (Phi) is 2.03. The second-order valence-electron chi connectivity index (χ2n) is 4.06. The first kappa shape index (κ1) is 8.03. The maximum absolute atomic E-state index is 11.2. The van der Waals surface area contributed by atoms with Gasteiger partial charge < -0.3 is 0 Å². The van der Waals surface area contributed by atoms with E-state index in [9.17, 15) is 4.79 Å². The normalized spacial score (nSPS) is 34.8. The summed E-state index contributed by atoms with van der Waals surface area (Å²) in [6, 6.07) is 0. The number of allylic oxidation sites excluding steroid dienone is 2. The van der Waals surface area contributed by atoms with E-state index in [0.29, 0.717) is 11.7 Å². The fraction of sp³-hybridized carbons (Fsp3) is 0.727. The molecule has 0 saturated heterocycles. The molecule has 1 saturated carbocycles. The van der Waals surface area contributed by atoms with E-state index >= 15 is 0 Å². The second-order valence-corrected chi connectivity index (χ2v) is 4.06. The topological polar surface area (TPSA) is 17.1 Å². The van der Waals surface area contributed by atoms with Crippen molar-refractivity contribution in [2.75, 3.05) is 0 Å². The maximum Gasteiger partial charge on any atom is 0.156 e. The summed E-state index contributed by atoms with van der Waals surface area (Å²) in [6.45, 7) is 2.25. The van der Waals surface area contributed by atoms with Gasteiger partial charge in [0.1, 0.15) is 0 Å². The van der Waals surface area contributed by atoms with Gasteiger partial charge in [-0.2, -0.15) is 0 Å². The fourth-order valence-corrected chi connectivity index (χ4v) is 2.71. The average molecular weight is 164 g/mol. The van der Waals surface area contributed by atoms with Crippen LogP contribution < -0.4 is 0 Å². The highest BCUT2D eigenvalue weighted by atomic mass is 16.1. The SMILES string of the molecule is CC[C@H]1CCCC2=CC(=O)CC21. The Morgan fingerprint density at radius 3 is 3.17 bits per heavy atom. The van der Waals surface area contributed by atoms with E-state index < -0.39 is 0 Å². The fourth-order valence-electron chi connectivity index (χ4n) is 2.71. The molecule has 1 heteroatoms. The van der Waals surface area contributed by atoms with Gasteiger partial charge in [0.05, 0.1) is 0 Å². The monoisotopic (exact) mass is 164 g/mol. The zero-order valence-electron chi connectivity index (χ0n) is 7.68. The van der Waals surface area contributed by atoms with Gasteiger partial charge in [-0.3, -0.25) is 4.79 Å². The van der Waals surface area contributed by atoms with Crippen LogP contribution in [0.3, 0.4) is 0 Å². The van der Waals surface area contributed by atoms with Crippen LogP contribution in [0.1, 0.15) is 39.0 Å². The van der Waals surface area contributed by atoms with E-state index in [1.807, 2.05) is 6.08 Å². The molecule has 2 atom stereocenters. The minimum atomic E-state index is 0.371. The number of hydrogen-bond donors (Lipinski definition) is 0.